The molecule has 0 atom stereocenters. The molecule has 3 heterocycles. The van der Waals surface area contributed by atoms with Crippen LogP contribution in [0.25, 0.3) is 0 Å². The topological polar surface area (TPSA) is 92.6 Å². The zero-order chi connectivity index (χ0) is 21.5. The van der Waals surface area contributed by atoms with Crippen LogP contribution in [0.5, 0.6) is 0 Å². The van der Waals surface area contributed by atoms with Gasteiger partial charge in [0.1, 0.15) is 5.82 Å². The van der Waals surface area contributed by atoms with Crippen molar-refractivity contribution >= 4 is 37.7 Å². The van der Waals surface area contributed by atoms with E-state index in [1.165, 1.54) is 12.1 Å². The minimum absolute atomic E-state index is 0.0397. The van der Waals surface area contributed by atoms with Crippen LogP contribution in [0, 0.1) is 6.92 Å². The Morgan fingerprint density at radius 2 is 1.87 bits per heavy atom. The van der Waals surface area contributed by atoms with Crippen molar-refractivity contribution in [1.29, 1.82) is 0 Å². The van der Waals surface area contributed by atoms with Crippen molar-refractivity contribution in [2.45, 2.75) is 43.7 Å². The molecule has 1 aromatic carbocycles. The summed E-state index contributed by atoms with van der Waals surface area (Å²) in [5.41, 5.74) is 0.897. The summed E-state index contributed by atoms with van der Waals surface area (Å²) in [6.07, 6.45) is 3.07. The number of rotatable bonds is 5. The molecular weight excluding hydrogens is 472 g/mol. The predicted octanol–water partition coefficient (Wildman–Crippen LogP) is 2.59. The van der Waals surface area contributed by atoms with Gasteiger partial charge in [-0.05, 0) is 44.0 Å². The second kappa shape index (κ2) is 8.14. The second-order valence-electron chi connectivity index (χ2n) is 7.68. The van der Waals surface area contributed by atoms with Crippen molar-refractivity contribution in [2.24, 2.45) is 0 Å². The van der Waals surface area contributed by atoms with Crippen molar-refractivity contribution in [3.8, 4) is 0 Å². The van der Waals surface area contributed by atoms with Gasteiger partial charge in [-0.1, -0.05) is 15.9 Å². The molecule has 0 spiro atoms. The molecule has 0 N–H and O–H groups in total. The minimum Gasteiger partial charge on any atom is -0.343 e. The van der Waals surface area contributed by atoms with Crippen LogP contribution in [0.3, 0.4) is 0 Å². The van der Waals surface area contributed by atoms with Crippen LogP contribution in [-0.4, -0.2) is 64.6 Å². The number of benzene rings is 1. The van der Waals surface area contributed by atoms with Crippen LogP contribution in [0.2, 0.25) is 0 Å². The van der Waals surface area contributed by atoms with Crippen molar-refractivity contribution < 1.29 is 18.0 Å². The van der Waals surface area contributed by atoms with Gasteiger partial charge in [0.25, 0.3) is 0 Å². The number of amides is 2. The summed E-state index contributed by atoms with van der Waals surface area (Å²) in [5.74, 6) is 0.324. The number of sulfone groups is 1. The molecule has 0 saturated carbocycles. The first-order chi connectivity index (χ1) is 14.3. The van der Waals surface area contributed by atoms with Gasteiger partial charge in [-0.25, -0.2) is 18.2 Å². The first kappa shape index (κ1) is 21.0. The Labute approximate surface area is 183 Å². The number of nitrogens with zero attached hydrogens (tertiary/aromatic N) is 4. The number of imidazole rings is 1. The molecule has 0 bridgehead atoms. The highest BCUT2D eigenvalue weighted by atomic mass is 79.9. The summed E-state index contributed by atoms with van der Waals surface area (Å²) in [5, 5.41) is 0. The van der Waals surface area contributed by atoms with Crippen molar-refractivity contribution in [1.82, 2.24) is 19.4 Å². The monoisotopic (exact) mass is 494 g/mol. The summed E-state index contributed by atoms with van der Waals surface area (Å²) in [6.45, 7) is 3.41. The normalized spacial score (nSPS) is 17.5. The number of carbonyl (C=O) groups excluding carboxylic acids is 2. The van der Waals surface area contributed by atoms with Crippen molar-refractivity contribution in [2.75, 3.05) is 18.8 Å². The van der Waals surface area contributed by atoms with E-state index < -0.39 is 9.84 Å². The van der Waals surface area contributed by atoms with Crippen LogP contribution in [0.4, 0.5) is 4.79 Å². The number of piperidine rings is 1. The largest absolute Gasteiger partial charge is 0.343 e. The SMILES string of the molecule is Cc1ncc2n1C(=O)N(C1CCN(C(=O)CCS(=O)(=O)c3ccc(Br)cc3)CC1)C2. The molecule has 0 aliphatic carbocycles. The third-order valence-corrected chi connectivity index (χ3v) is 8.06. The first-order valence-electron chi connectivity index (χ1n) is 9.86. The average molecular weight is 495 g/mol. The molecule has 8 nitrogen and oxygen atoms in total. The summed E-state index contributed by atoms with van der Waals surface area (Å²) in [7, 11) is -3.50. The molecule has 30 heavy (non-hydrogen) atoms. The number of carbonyl (C=O) groups is 2. The lowest BCUT2D eigenvalue weighted by Crippen LogP contribution is -2.47. The fraction of sp³-hybridized carbons (Fsp3) is 0.450. The summed E-state index contributed by atoms with van der Waals surface area (Å²) >= 11 is 3.28. The Morgan fingerprint density at radius 1 is 1.20 bits per heavy atom. The Hall–Kier alpha value is -2.20. The number of hydrogen-bond donors (Lipinski definition) is 0. The van der Waals surface area contributed by atoms with Gasteiger partial charge in [-0.2, -0.15) is 0 Å². The van der Waals surface area contributed by atoms with Gasteiger partial charge >= 0.3 is 6.03 Å². The second-order valence-corrected chi connectivity index (χ2v) is 10.7. The fourth-order valence-electron chi connectivity index (χ4n) is 4.09. The number of halogens is 1. The maximum Gasteiger partial charge on any atom is 0.330 e. The van der Waals surface area contributed by atoms with Gasteiger partial charge < -0.3 is 9.80 Å². The zero-order valence-corrected chi connectivity index (χ0v) is 19.0. The Morgan fingerprint density at radius 3 is 2.50 bits per heavy atom. The number of fused-ring (bicyclic) bond motifs is 1. The van der Waals surface area contributed by atoms with E-state index in [2.05, 4.69) is 20.9 Å². The van der Waals surface area contributed by atoms with Gasteiger partial charge in [0.15, 0.2) is 9.84 Å². The smallest absolute Gasteiger partial charge is 0.330 e. The summed E-state index contributed by atoms with van der Waals surface area (Å²) in [4.78, 5) is 33.2. The molecule has 160 valence electrons. The first-order valence-corrected chi connectivity index (χ1v) is 12.3. The molecule has 2 aromatic rings. The Bertz CT molecular complexity index is 1070. The lowest BCUT2D eigenvalue weighted by molar-refractivity contribution is -0.132. The number of hydrogen-bond acceptors (Lipinski definition) is 5. The van der Waals surface area contributed by atoms with Crippen molar-refractivity contribution in [3.63, 3.8) is 0 Å². The number of aryl methyl sites for hydroxylation is 1. The van der Waals surface area contributed by atoms with Crippen LogP contribution >= 0.6 is 15.9 Å². The number of likely N-dealkylation sites (tertiary alicyclic amines) is 1. The van der Waals surface area contributed by atoms with E-state index in [1.807, 2.05) is 11.8 Å². The molecular formula is C20H23BrN4O4S. The van der Waals surface area contributed by atoms with Gasteiger partial charge in [0.2, 0.25) is 5.91 Å². The maximum atomic E-state index is 12.7. The Balaban J connectivity index is 1.30. The van der Waals surface area contributed by atoms with Gasteiger partial charge in [-0.3, -0.25) is 9.36 Å². The Kier molecular flexibility index (Phi) is 5.71. The van der Waals surface area contributed by atoms with Crippen molar-refractivity contribution in [3.05, 3.63) is 46.5 Å². The zero-order valence-electron chi connectivity index (χ0n) is 16.6. The maximum absolute atomic E-state index is 12.7. The molecule has 2 amide bonds. The van der Waals surface area contributed by atoms with E-state index in [0.29, 0.717) is 38.3 Å². The average Bonchev–Trinajstić information content (AvgIpc) is 3.26. The molecule has 2 aliphatic rings. The molecule has 2 aliphatic heterocycles. The van der Waals surface area contributed by atoms with Crippen LogP contribution in [-0.2, 0) is 21.2 Å². The quantitative estimate of drug-likeness (QED) is 0.636. The van der Waals surface area contributed by atoms with E-state index >= 15 is 0 Å². The highest BCUT2D eigenvalue weighted by Crippen LogP contribution is 2.26. The third kappa shape index (κ3) is 4.02. The van der Waals surface area contributed by atoms with Gasteiger partial charge in [0, 0.05) is 30.0 Å². The lowest BCUT2D eigenvalue weighted by Gasteiger charge is -2.36. The van der Waals surface area contributed by atoms with E-state index in [9.17, 15) is 18.0 Å². The molecule has 1 saturated heterocycles. The standard InChI is InChI=1S/C20H23BrN4O4S/c1-14-22-12-17-13-24(20(27)25(14)17)16-6-9-23(10-7-16)19(26)8-11-30(28,29)18-4-2-15(21)3-5-18/h2-5,12,16H,6-11,13H2,1H3. The van der Waals surface area contributed by atoms with E-state index in [1.54, 1.807) is 27.8 Å². The lowest BCUT2D eigenvalue weighted by atomic mass is 10.0. The van der Waals surface area contributed by atoms with Gasteiger partial charge in [0.05, 0.1) is 29.1 Å². The summed E-state index contributed by atoms with van der Waals surface area (Å²) in [6, 6.07) is 6.45. The highest BCUT2D eigenvalue weighted by Gasteiger charge is 2.36. The van der Waals surface area contributed by atoms with Crippen LogP contribution in [0.15, 0.2) is 39.8 Å². The highest BCUT2D eigenvalue weighted by molar-refractivity contribution is 9.10. The van der Waals surface area contributed by atoms with E-state index in [-0.39, 0.29) is 35.0 Å². The molecule has 0 radical (unpaired) electrons. The third-order valence-electron chi connectivity index (χ3n) is 5.80. The van der Waals surface area contributed by atoms with Crippen LogP contribution < -0.4 is 0 Å². The predicted molar refractivity (Wildman–Crippen MR) is 114 cm³/mol. The molecule has 0 unspecified atom stereocenters. The molecule has 1 fully saturated rings. The summed E-state index contributed by atoms with van der Waals surface area (Å²) < 4.78 is 27.4. The number of aromatic nitrogens is 2. The van der Waals surface area contributed by atoms with E-state index in [0.717, 1.165) is 10.2 Å². The van der Waals surface area contributed by atoms with E-state index in [4.69, 9.17) is 0 Å². The molecule has 10 heteroatoms. The molecule has 4 rings (SSSR count). The molecule has 1 aromatic heterocycles. The van der Waals surface area contributed by atoms with Gasteiger partial charge in [-0.15, -0.1) is 0 Å². The fourth-order valence-corrected chi connectivity index (χ4v) is 5.58. The minimum atomic E-state index is -3.50. The van der Waals surface area contributed by atoms with Crippen LogP contribution in [0.1, 0.15) is 30.8 Å².